The highest BCUT2D eigenvalue weighted by Crippen LogP contribution is 2.13. The van der Waals surface area contributed by atoms with Gasteiger partial charge >= 0.3 is 0 Å². The Morgan fingerprint density at radius 1 is 1.50 bits per heavy atom. The summed E-state index contributed by atoms with van der Waals surface area (Å²) in [5, 5.41) is 10.1. The van der Waals surface area contributed by atoms with Crippen LogP contribution in [0.1, 0.15) is 10.5 Å². The maximum absolute atomic E-state index is 11.9. The monoisotopic (exact) mass is 250 g/mol. The lowest BCUT2D eigenvalue weighted by atomic mass is 10.2. The molecule has 7 heteroatoms. The minimum absolute atomic E-state index is 0.250. The highest BCUT2D eigenvalue weighted by molar-refractivity contribution is 6.04. The number of ether oxygens (including phenoxy) is 2. The van der Waals surface area contributed by atoms with Crippen molar-refractivity contribution in [3.8, 4) is 0 Å². The number of carbonyl (C=O) groups is 1. The summed E-state index contributed by atoms with van der Waals surface area (Å²) in [5.74, 6) is -0.298. The van der Waals surface area contributed by atoms with E-state index in [2.05, 4.69) is 20.5 Å². The largest absolute Gasteiger partial charge is 0.354 e. The van der Waals surface area contributed by atoms with Gasteiger partial charge in [-0.1, -0.05) is 0 Å². The lowest BCUT2D eigenvalue weighted by Gasteiger charge is -2.13. The fourth-order valence-corrected chi connectivity index (χ4v) is 1.55. The van der Waals surface area contributed by atoms with Crippen LogP contribution >= 0.6 is 0 Å². The third-order valence-corrected chi connectivity index (χ3v) is 2.53. The first-order valence-electron chi connectivity index (χ1n) is 5.38. The normalized spacial score (nSPS) is 11.1. The number of fused-ring (bicyclic) bond motifs is 1. The van der Waals surface area contributed by atoms with Gasteiger partial charge in [0.05, 0.1) is 17.4 Å². The molecule has 0 saturated carbocycles. The van der Waals surface area contributed by atoms with Crippen LogP contribution < -0.4 is 5.32 Å². The van der Waals surface area contributed by atoms with Gasteiger partial charge in [0.25, 0.3) is 5.91 Å². The van der Waals surface area contributed by atoms with Crippen LogP contribution in [0.3, 0.4) is 0 Å². The molecule has 7 nitrogen and oxygen atoms in total. The van der Waals surface area contributed by atoms with Crippen molar-refractivity contribution in [1.82, 2.24) is 20.5 Å². The Bertz CT molecular complexity index is 536. The molecule has 0 aliphatic heterocycles. The Kier molecular flexibility index (Phi) is 3.85. The fraction of sp³-hybridized carbons (Fsp3) is 0.364. The summed E-state index contributed by atoms with van der Waals surface area (Å²) in [5.41, 5.74) is 1.08. The lowest BCUT2D eigenvalue weighted by molar-refractivity contribution is -0.0974. The molecular formula is C11H14N4O3. The molecular weight excluding hydrogens is 236 g/mol. The number of nitrogens with one attached hydrogen (secondary N) is 2. The third-order valence-electron chi connectivity index (χ3n) is 2.53. The number of nitrogens with zero attached hydrogens (tertiary/aromatic N) is 2. The van der Waals surface area contributed by atoms with E-state index in [-0.39, 0.29) is 12.5 Å². The molecule has 2 aromatic heterocycles. The SMILES string of the molecule is COC(CNC(=O)c1n[nH]c2ccncc12)OC. The van der Waals surface area contributed by atoms with Crippen LogP contribution in [0.5, 0.6) is 0 Å². The van der Waals surface area contributed by atoms with E-state index < -0.39 is 6.29 Å². The highest BCUT2D eigenvalue weighted by atomic mass is 16.7. The van der Waals surface area contributed by atoms with Crippen molar-refractivity contribution >= 4 is 16.8 Å². The molecule has 0 fully saturated rings. The molecule has 18 heavy (non-hydrogen) atoms. The Morgan fingerprint density at radius 2 is 2.28 bits per heavy atom. The maximum Gasteiger partial charge on any atom is 0.272 e. The van der Waals surface area contributed by atoms with Crippen molar-refractivity contribution in [2.75, 3.05) is 20.8 Å². The molecule has 2 N–H and O–H groups in total. The van der Waals surface area contributed by atoms with Crippen LogP contribution in [0.2, 0.25) is 0 Å². The van der Waals surface area contributed by atoms with E-state index in [0.717, 1.165) is 5.52 Å². The standard InChI is InChI=1S/C11H14N4O3/c1-17-9(18-2)6-13-11(16)10-7-5-12-4-3-8(7)14-15-10/h3-5,9H,6H2,1-2H3,(H,13,16)(H,14,15). The van der Waals surface area contributed by atoms with Crippen molar-refractivity contribution in [3.05, 3.63) is 24.2 Å². The van der Waals surface area contributed by atoms with E-state index in [0.29, 0.717) is 11.1 Å². The molecule has 0 aromatic carbocycles. The first-order chi connectivity index (χ1) is 8.76. The van der Waals surface area contributed by atoms with Crippen LogP contribution in [0.25, 0.3) is 10.9 Å². The molecule has 2 heterocycles. The van der Waals surface area contributed by atoms with E-state index in [1.807, 2.05) is 0 Å². The first kappa shape index (κ1) is 12.5. The van der Waals surface area contributed by atoms with Crippen LogP contribution in [0, 0.1) is 0 Å². The maximum atomic E-state index is 11.9. The molecule has 0 unspecified atom stereocenters. The predicted molar refractivity (Wildman–Crippen MR) is 64.0 cm³/mol. The molecule has 1 amide bonds. The van der Waals surface area contributed by atoms with Crippen LogP contribution in [0.15, 0.2) is 18.5 Å². The number of rotatable bonds is 5. The van der Waals surface area contributed by atoms with Gasteiger partial charge in [-0.25, -0.2) is 0 Å². The average molecular weight is 250 g/mol. The molecule has 0 bridgehead atoms. The summed E-state index contributed by atoms with van der Waals surface area (Å²) < 4.78 is 9.95. The summed E-state index contributed by atoms with van der Waals surface area (Å²) in [7, 11) is 3.02. The first-order valence-corrected chi connectivity index (χ1v) is 5.38. The van der Waals surface area contributed by atoms with Crippen LogP contribution in [-0.2, 0) is 9.47 Å². The second-order valence-corrected chi connectivity index (χ2v) is 3.60. The zero-order chi connectivity index (χ0) is 13.0. The van der Waals surface area contributed by atoms with Crippen molar-refractivity contribution in [2.24, 2.45) is 0 Å². The number of carbonyl (C=O) groups excluding carboxylic acids is 1. The highest BCUT2D eigenvalue weighted by Gasteiger charge is 2.15. The number of methoxy groups -OCH3 is 2. The minimum atomic E-state index is -0.475. The van der Waals surface area contributed by atoms with E-state index in [9.17, 15) is 4.79 Å². The Morgan fingerprint density at radius 3 is 3.00 bits per heavy atom. The zero-order valence-corrected chi connectivity index (χ0v) is 10.1. The van der Waals surface area contributed by atoms with Gasteiger partial charge in [0.2, 0.25) is 0 Å². The van der Waals surface area contributed by atoms with E-state index in [1.54, 1.807) is 18.5 Å². The van der Waals surface area contributed by atoms with E-state index >= 15 is 0 Å². The topological polar surface area (TPSA) is 89.1 Å². The van der Waals surface area contributed by atoms with Crippen LogP contribution in [-0.4, -0.2) is 48.1 Å². The third kappa shape index (κ3) is 2.47. The Hall–Kier alpha value is -1.99. The number of hydrogen-bond acceptors (Lipinski definition) is 5. The second kappa shape index (κ2) is 5.56. The smallest absolute Gasteiger partial charge is 0.272 e. The van der Waals surface area contributed by atoms with Gasteiger partial charge in [-0.15, -0.1) is 0 Å². The molecule has 0 saturated heterocycles. The van der Waals surface area contributed by atoms with Gasteiger partial charge in [-0.2, -0.15) is 5.10 Å². The summed E-state index contributed by atoms with van der Waals surface area (Å²) in [6.45, 7) is 0.250. The van der Waals surface area contributed by atoms with Gasteiger partial charge < -0.3 is 14.8 Å². The van der Waals surface area contributed by atoms with Crippen LogP contribution in [0.4, 0.5) is 0 Å². The Balaban J connectivity index is 2.09. The summed E-state index contributed by atoms with van der Waals surface area (Å²) in [6, 6.07) is 1.76. The molecule has 0 atom stereocenters. The molecule has 2 rings (SSSR count). The molecule has 96 valence electrons. The summed E-state index contributed by atoms with van der Waals surface area (Å²) in [4.78, 5) is 15.9. The molecule has 0 spiro atoms. The van der Waals surface area contributed by atoms with Gasteiger partial charge in [-0.05, 0) is 6.07 Å². The number of aromatic nitrogens is 3. The quantitative estimate of drug-likeness (QED) is 0.745. The van der Waals surface area contributed by atoms with Crippen molar-refractivity contribution in [3.63, 3.8) is 0 Å². The average Bonchev–Trinajstić information content (AvgIpc) is 2.83. The summed E-state index contributed by atoms with van der Waals surface area (Å²) >= 11 is 0. The van der Waals surface area contributed by atoms with Gasteiger partial charge in [0.15, 0.2) is 12.0 Å². The van der Waals surface area contributed by atoms with Gasteiger partial charge in [-0.3, -0.25) is 14.9 Å². The number of pyridine rings is 1. The lowest BCUT2D eigenvalue weighted by Crippen LogP contribution is -2.34. The molecule has 0 radical (unpaired) electrons. The summed E-state index contributed by atoms with van der Waals surface area (Å²) in [6.07, 6.45) is 2.75. The molecule has 0 aliphatic rings. The second-order valence-electron chi connectivity index (χ2n) is 3.60. The minimum Gasteiger partial charge on any atom is -0.354 e. The zero-order valence-electron chi connectivity index (χ0n) is 10.1. The number of aromatic amines is 1. The fourth-order valence-electron chi connectivity index (χ4n) is 1.55. The Labute approximate surface area is 103 Å². The number of amides is 1. The molecule has 2 aromatic rings. The van der Waals surface area contributed by atoms with Crippen molar-refractivity contribution < 1.29 is 14.3 Å². The van der Waals surface area contributed by atoms with Crippen molar-refractivity contribution in [2.45, 2.75) is 6.29 Å². The van der Waals surface area contributed by atoms with Crippen molar-refractivity contribution in [1.29, 1.82) is 0 Å². The molecule has 0 aliphatic carbocycles. The number of hydrogen-bond donors (Lipinski definition) is 2. The van der Waals surface area contributed by atoms with Gasteiger partial charge in [0.1, 0.15) is 0 Å². The van der Waals surface area contributed by atoms with Gasteiger partial charge in [0, 0.05) is 26.6 Å². The predicted octanol–water partition coefficient (Wildman–Crippen LogP) is 0.307. The number of H-pyrrole nitrogens is 1. The van der Waals surface area contributed by atoms with E-state index in [4.69, 9.17) is 9.47 Å². The van der Waals surface area contributed by atoms with E-state index in [1.165, 1.54) is 14.2 Å².